The van der Waals surface area contributed by atoms with E-state index in [4.69, 9.17) is 14.2 Å². The van der Waals surface area contributed by atoms with Gasteiger partial charge in [0.25, 0.3) is 0 Å². The smallest absolute Gasteiger partial charge is 0.331 e. The maximum atomic E-state index is 13.0. The van der Waals surface area contributed by atoms with E-state index < -0.39 is 51.3 Å². The SMILES string of the molecule is CC(C)(OC(=O)C1CC(OC(=O)C(Br)Br)C2CC1C(=O)O2)C1CC[NH2+]CC1. The minimum atomic E-state index is -0.646. The molecule has 2 bridgehead atoms. The molecule has 2 N–H and O–H groups in total. The lowest BCUT2D eigenvalue weighted by Gasteiger charge is -2.38. The first kappa shape index (κ1) is 21.0. The molecule has 4 atom stereocenters. The quantitative estimate of drug-likeness (QED) is 0.339. The van der Waals surface area contributed by atoms with E-state index >= 15 is 0 Å². The molecule has 2 heterocycles. The fraction of sp³-hybridized carbons (Fsp3) is 0.833. The van der Waals surface area contributed by atoms with Crippen LogP contribution in [-0.2, 0) is 28.6 Å². The minimum absolute atomic E-state index is 0.243. The summed E-state index contributed by atoms with van der Waals surface area (Å²) in [4.78, 5) is 37.1. The van der Waals surface area contributed by atoms with Gasteiger partial charge in [-0.3, -0.25) is 9.59 Å². The number of ether oxygens (including phenoxy) is 3. The predicted molar refractivity (Wildman–Crippen MR) is 102 cm³/mol. The average Bonchev–Trinajstić information content (AvgIpc) is 2.94. The van der Waals surface area contributed by atoms with Crippen LogP contribution < -0.4 is 5.32 Å². The summed E-state index contributed by atoms with van der Waals surface area (Å²) < 4.78 is 16.0. The van der Waals surface area contributed by atoms with E-state index in [0.29, 0.717) is 12.3 Å². The highest BCUT2D eigenvalue weighted by Crippen LogP contribution is 2.42. The van der Waals surface area contributed by atoms with E-state index in [1.807, 2.05) is 13.8 Å². The Hall–Kier alpha value is -0.670. The van der Waals surface area contributed by atoms with Gasteiger partial charge in [-0.25, -0.2) is 4.79 Å². The Bertz CT molecular complexity index is 605. The van der Waals surface area contributed by atoms with Gasteiger partial charge in [0.2, 0.25) is 0 Å². The number of hydrogen-bond donors (Lipinski definition) is 1. The van der Waals surface area contributed by atoms with Crippen LogP contribution in [-0.4, -0.2) is 52.5 Å². The fourth-order valence-corrected chi connectivity index (χ4v) is 4.59. The number of carbonyl (C=O) groups is 3. The molecule has 3 aliphatic rings. The third-order valence-corrected chi connectivity index (χ3v) is 6.72. The molecule has 7 nitrogen and oxygen atoms in total. The van der Waals surface area contributed by atoms with Crippen LogP contribution in [0, 0.1) is 17.8 Å². The zero-order chi connectivity index (χ0) is 19.8. The van der Waals surface area contributed by atoms with Crippen molar-refractivity contribution in [1.29, 1.82) is 0 Å². The third-order valence-electron chi connectivity index (χ3n) is 5.98. The van der Waals surface area contributed by atoms with Crippen LogP contribution in [0.25, 0.3) is 0 Å². The molecule has 1 aliphatic carbocycles. The van der Waals surface area contributed by atoms with Gasteiger partial charge in [-0.2, -0.15) is 0 Å². The number of alkyl halides is 2. The summed E-state index contributed by atoms with van der Waals surface area (Å²) in [5.41, 5.74) is -0.590. The molecule has 4 unspecified atom stereocenters. The van der Waals surface area contributed by atoms with E-state index in [-0.39, 0.29) is 6.42 Å². The van der Waals surface area contributed by atoms with Gasteiger partial charge in [-0.1, -0.05) is 31.9 Å². The van der Waals surface area contributed by atoms with E-state index in [1.165, 1.54) is 0 Å². The van der Waals surface area contributed by atoms with E-state index in [1.54, 1.807) is 0 Å². The van der Waals surface area contributed by atoms with Crippen molar-refractivity contribution in [2.24, 2.45) is 17.8 Å². The van der Waals surface area contributed by atoms with Crippen LogP contribution in [0.4, 0.5) is 0 Å². The highest BCUT2D eigenvalue weighted by molar-refractivity contribution is 9.25. The van der Waals surface area contributed by atoms with Crippen molar-refractivity contribution in [3.8, 4) is 0 Å². The largest absolute Gasteiger partial charge is 0.459 e. The monoisotopic (exact) mass is 510 g/mol. The lowest BCUT2D eigenvalue weighted by atomic mass is 9.78. The Kier molecular flexibility index (Phi) is 6.52. The topological polar surface area (TPSA) is 95.5 Å². The highest BCUT2D eigenvalue weighted by Gasteiger charge is 2.54. The summed E-state index contributed by atoms with van der Waals surface area (Å²) in [6, 6.07) is 0. The number of carbonyl (C=O) groups excluding carboxylic acids is 3. The average molecular weight is 512 g/mol. The Morgan fingerprint density at radius 2 is 1.89 bits per heavy atom. The first-order chi connectivity index (χ1) is 12.7. The number of quaternary nitrogens is 1. The van der Waals surface area contributed by atoms with Gasteiger partial charge >= 0.3 is 17.9 Å². The van der Waals surface area contributed by atoms with Crippen molar-refractivity contribution in [1.82, 2.24) is 0 Å². The van der Waals surface area contributed by atoms with Gasteiger partial charge in [0.1, 0.15) is 17.8 Å². The lowest BCUT2D eigenvalue weighted by molar-refractivity contribution is -0.665. The highest BCUT2D eigenvalue weighted by atomic mass is 79.9. The number of nitrogens with two attached hydrogens (primary N) is 1. The second-order valence-electron chi connectivity index (χ2n) is 8.10. The number of halogens is 2. The molecule has 0 radical (unpaired) electrons. The minimum Gasteiger partial charge on any atom is -0.459 e. The Balaban J connectivity index is 1.69. The van der Waals surface area contributed by atoms with Crippen molar-refractivity contribution in [3.63, 3.8) is 0 Å². The van der Waals surface area contributed by atoms with Gasteiger partial charge in [-0.05, 0) is 13.8 Å². The Labute approximate surface area is 175 Å². The van der Waals surface area contributed by atoms with Gasteiger partial charge in [0.05, 0.1) is 24.9 Å². The normalized spacial score (nSPS) is 31.5. The summed E-state index contributed by atoms with van der Waals surface area (Å²) in [5.74, 6) is -2.17. The van der Waals surface area contributed by atoms with Crippen molar-refractivity contribution in [3.05, 3.63) is 0 Å². The molecule has 1 saturated carbocycles. The molecule has 3 rings (SSSR count). The summed E-state index contributed by atoms with van der Waals surface area (Å²) in [6.45, 7) is 5.95. The van der Waals surface area contributed by atoms with E-state index in [2.05, 4.69) is 37.2 Å². The molecule has 9 heteroatoms. The Morgan fingerprint density at radius 3 is 2.52 bits per heavy atom. The molecular weight excluding hydrogens is 486 g/mol. The van der Waals surface area contributed by atoms with Crippen molar-refractivity contribution < 1.29 is 33.9 Å². The van der Waals surface area contributed by atoms with Crippen LogP contribution in [0.3, 0.4) is 0 Å². The van der Waals surface area contributed by atoms with Gasteiger partial charge < -0.3 is 19.5 Å². The molecule has 152 valence electrons. The van der Waals surface area contributed by atoms with Crippen molar-refractivity contribution >= 4 is 49.8 Å². The third kappa shape index (κ3) is 4.67. The fourth-order valence-electron chi connectivity index (χ4n) is 4.38. The molecule has 0 spiro atoms. The molecule has 0 amide bonds. The molecule has 2 aliphatic heterocycles. The molecular formula is C18H26Br2NO6+. The van der Waals surface area contributed by atoms with Crippen LogP contribution >= 0.6 is 31.9 Å². The zero-order valence-corrected chi connectivity index (χ0v) is 18.7. The van der Waals surface area contributed by atoms with Crippen LogP contribution in [0.1, 0.15) is 39.5 Å². The number of fused-ring (bicyclic) bond motifs is 2. The van der Waals surface area contributed by atoms with Gasteiger partial charge in [0, 0.05) is 31.6 Å². The predicted octanol–water partition coefficient (Wildman–Crippen LogP) is 1.26. The zero-order valence-electron chi connectivity index (χ0n) is 15.5. The summed E-state index contributed by atoms with van der Waals surface area (Å²) >= 11 is 6.20. The van der Waals surface area contributed by atoms with Crippen LogP contribution in [0.2, 0.25) is 0 Å². The number of rotatable bonds is 5. The van der Waals surface area contributed by atoms with Crippen molar-refractivity contribution in [2.75, 3.05) is 13.1 Å². The molecule has 3 fully saturated rings. The standard InChI is InChI=1S/C18H25Br2NO6/c1-18(2,9-3-5-21-6-4-9)27-16(23)11-8-13(26-17(24)14(19)20)12-7-10(11)15(22)25-12/h9-14,21H,3-8H2,1-2H3/p+1. The van der Waals surface area contributed by atoms with Crippen LogP contribution in [0.15, 0.2) is 0 Å². The van der Waals surface area contributed by atoms with Gasteiger partial charge in [-0.15, -0.1) is 0 Å². The molecule has 0 aromatic heterocycles. The first-order valence-corrected chi connectivity index (χ1v) is 11.3. The van der Waals surface area contributed by atoms with E-state index in [0.717, 1.165) is 25.9 Å². The van der Waals surface area contributed by atoms with Gasteiger partial charge in [0.15, 0.2) is 3.74 Å². The molecule has 2 saturated heterocycles. The van der Waals surface area contributed by atoms with Crippen LogP contribution in [0.5, 0.6) is 0 Å². The van der Waals surface area contributed by atoms with E-state index in [9.17, 15) is 14.4 Å². The molecule has 27 heavy (non-hydrogen) atoms. The lowest BCUT2D eigenvalue weighted by Crippen LogP contribution is -2.86. The Morgan fingerprint density at radius 1 is 1.22 bits per heavy atom. The number of esters is 3. The number of hydrogen-bond acceptors (Lipinski definition) is 6. The first-order valence-electron chi connectivity index (χ1n) is 9.42. The summed E-state index contributed by atoms with van der Waals surface area (Å²) in [5, 5.41) is 2.27. The molecule has 0 aromatic rings. The van der Waals surface area contributed by atoms with Crippen molar-refractivity contribution in [2.45, 2.75) is 61.1 Å². The maximum Gasteiger partial charge on any atom is 0.331 e. The number of piperidine rings is 1. The second-order valence-corrected chi connectivity index (χ2v) is 11.2. The summed E-state index contributed by atoms with van der Waals surface area (Å²) in [7, 11) is 0. The second kappa shape index (κ2) is 8.37. The summed E-state index contributed by atoms with van der Waals surface area (Å²) in [6.07, 6.45) is 1.49. The maximum absolute atomic E-state index is 13.0. The molecule has 0 aromatic carbocycles.